The summed E-state index contributed by atoms with van der Waals surface area (Å²) in [6.07, 6.45) is 0. The van der Waals surface area contributed by atoms with E-state index >= 15 is 0 Å². The molecule has 0 fully saturated rings. The Labute approximate surface area is 146 Å². The minimum absolute atomic E-state index is 0.0693. The number of benzene rings is 2. The highest BCUT2D eigenvalue weighted by Gasteiger charge is 2.23. The minimum Gasteiger partial charge on any atom is -0.467 e. The fraction of sp³-hybridized carbons (Fsp3) is 0.400. The van der Waals surface area contributed by atoms with E-state index in [9.17, 15) is 4.39 Å². The van der Waals surface area contributed by atoms with Crippen LogP contribution in [0, 0.1) is 19.7 Å². The molecular weight excluding hydrogens is 322 g/mol. The minimum atomic E-state index is -0.162. The fourth-order valence-corrected chi connectivity index (χ4v) is 3.83. The summed E-state index contributed by atoms with van der Waals surface area (Å²) in [4.78, 5) is 0. The van der Waals surface area contributed by atoms with Crippen molar-refractivity contribution in [1.29, 1.82) is 0 Å². The van der Waals surface area contributed by atoms with Gasteiger partial charge in [-0.25, -0.2) is 4.39 Å². The number of ether oxygens (including phenoxy) is 2. The normalized spacial score (nSPS) is 12.1. The van der Waals surface area contributed by atoms with E-state index in [4.69, 9.17) is 9.47 Å². The van der Waals surface area contributed by atoms with Gasteiger partial charge in [-0.1, -0.05) is 47.6 Å². The molecule has 0 saturated carbocycles. The first-order chi connectivity index (χ1) is 11.2. The zero-order valence-corrected chi connectivity index (χ0v) is 16.3. The molecule has 2 aromatic rings. The van der Waals surface area contributed by atoms with Crippen molar-refractivity contribution < 1.29 is 13.9 Å². The van der Waals surface area contributed by atoms with Crippen LogP contribution in [0.5, 0.6) is 5.75 Å². The largest absolute Gasteiger partial charge is 0.467 e. The van der Waals surface area contributed by atoms with Crippen molar-refractivity contribution in [2.75, 3.05) is 13.9 Å². The Morgan fingerprint density at radius 2 is 1.71 bits per heavy atom. The Morgan fingerprint density at radius 3 is 2.29 bits per heavy atom. The van der Waals surface area contributed by atoms with Gasteiger partial charge in [0.05, 0.1) is 0 Å². The third kappa shape index (κ3) is 4.55. The van der Waals surface area contributed by atoms with Crippen LogP contribution in [-0.2, 0) is 10.2 Å². The number of hydrogen-bond donors (Lipinski definition) is 0. The first kappa shape index (κ1) is 18.9. The van der Waals surface area contributed by atoms with Crippen LogP contribution in [-0.4, -0.2) is 13.9 Å². The molecule has 24 heavy (non-hydrogen) atoms. The quantitative estimate of drug-likeness (QED) is 0.591. The number of aryl methyl sites for hydroxylation is 2. The van der Waals surface area contributed by atoms with Crippen molar-refractivity contribution in [3.63, 3.8) is 0 Å². The summed E-state index contributed by atoms with van der Waals surface area (Å²) >= 11 is 0. The molecule has 4 heteroatoms. The average molecular weight is 348 g/mol. The molecule has 1 unspecified atom stereocenters. The topological polar surface area (TPSA) is 18.5 Å². The zero-order chi connectivity index (χ0) is 17.9. The lowest BCUT2D eigenvalue weighted by molar-refractivity contribution is 0.0506. The van der Waals surface area contributed by atoms with E-state index in [1.165, 1.54) is 0 Å². The molecule has 0 heterocycles. The van der Waals surface area contributed by atoms with Gasteiger partial charge in [-0.15, -0.1) is 0 Å². The van der Waals surface area contributed by atoms with Crippen molar-refractivity contribution >= 4 is 19.2 Å². The Kier molecular flexibility index (Phi) is 6.01. The third-order valence-electron chi connectivity index (χ3n) is 3.76. The molecule has 0 N–H and O–H groups in total. The Hall–Kier alpha value is -1.44. The van der Waals surface area contributed by atoms with Gasteiger partial charge in [0, 0.05) is 23.3 Å². The van der Waals surface area contributed by atoms with Crippen LogP contribution in [0.4, 0.5) is 4.39 Å². The van der Waals surface area contributed by atoms with Crippen LogP contribution in [0.25, 0.3) is 0 Å². The highest BCUT2D eigenvalue weighted by Crippen LogP contribution is 2.34. The van der Waals surface area contributed by atoms with Gasteiger partial charge in [-0.3, -0.25) is 0 Å². The van der Waals surface area contributed by atoms with Crippen molar-refractivity contribution in [3.8, 4) is 5.75 Å². The maximum Gasteiger partial charge on any atom is 0.188 e. The van der Waals surface area contributed by atoms with E-state index in [0.29, 0.717) is 5.30 Å². The number of rotatable bonds is 5. The Balaban J connectivity index is 2.52. The summed E-state index contributed by atoms with van der Waals surface area (Å²) < 4.78 is 25.3. The molecule has 130 valence electrons. The van der Waals surface area contributed by atoms with Crippen molar-refractivity contribution in [1.82, 2.24) is 0 Å². The molecule has 0 spiro atoms. The van der Waals surface area contributed by atoms with Gasteiger partial charge in [-0.05, 0) is 42.5 Å². The monoisotopic (exact) mass is 348 g/mol. The molecule has 0 radical (unpaired) electrons. The predicted molar refractivity (Wildman–Crippen MR) is 101 cm³/mol. The summed E-state index contributed by atoms with van der Waals surface area (Å²) in [7, 11) is 1.80. The molecule has 2 aromatic carbocycles. The first-order valence-corrected chi connectivity index (χ1v) is 9.02. The summed E-state index contributed by atoms with van der Waals surface area (Å²) in [5.74, 6) is 0.651. The lowest BCUT2D eigenvalue weighted by Gasteiger charge is -2.25. The van der Waals surface area contributed by atoms with Gasteiger partial charge >= 0.3 is 0 Å². The van der Waals surface area contributed by atoms with Crippen LogP contribution in [0.2, 0.25) is 0 Å². The predicted octanol–water partition coefficient (Wildman–Crippen LogP) is 4.35. The van der Waals surface area contributed by atoms with Crippen molar-refractivity contribution in [3.05, 3.63) is 52.8 Å². The fourth-order valence-electron chi connectivity index (χ4n) is 2.56. The molecule has 0 aromatic heterocycles. The summed E-state index contributed by atoms with van der Waals surface area (Å²) in [6, 6.07) is 9.62. The molecule has 0 aliphatic carbocycles. The molecule has 1 atom stereocenters. The smallest absolute Gasteiger partial charge is 0.188 e. The van der Waals surface area contributed by atoms with E-state index in [0.717, 1.165) is 27.7 Å². The van der Waals surface area contributed by atoms with Crippen LogP contribution in [0.1, 0.15) is 37.5 Å². The van der Waals surface area contributed by atoms with Gasteiger partial charge < -0.3 is 9.47 Å². The van der Waals surface area contributed by atoms with E-state index in [-0.39, 0.29) is 26.6 Å². The lowest BCUT2D eigenvalue weighted by atomic mass is 9.85. The molecule has 0 aliphatic rings. The van der Waals surface area contributed by atoms with E-state index in [1.54, 1.807) is 13.2 Å². The van der Waals surface area contributed by atoms with Crippen LogP contribution in [0.3, 0.4) is 0 Å². The summed E-state index contributed by atoms with van der Waals surface area (Å²) in [5.41, 5.74) is 3.13. The van der Waals surface area contributed by atoms with Gasteiger partial charge in [0.15, 0.2) is 6.79 Å². The SMILES string of the molecule is COCOc1c(Pc2ccc(C)cc2F)cc(C)cc1C(C)(C)C. The Morgan fingerprint density at radius 1 is 1.00 bits per heavy atom. The van der Waals surface area contributed by atoms with Gasteiger partial charge in [-0.2, -0.15) is 0 Å². The lowest BCUT2D eigenvalue weighted by Crippen LogP contribution is -2.20. The van der Waals surface area contributed by atoms with Crippen molar-refractivity contribution in [2.45, 2.75) is 40.0 Å². The van der Waals surface area contributed by atoms with Crippen molar-refractivity contribution in [2.24, 2.45) is 0 Å². The maximum atomic E-state index is 14.3. The van der Waals surface area contributed by atoms with E-state index < -0.39 is 0 Å². The maximum absolute atomic E-state index is 14.3. The molecule has 0 aliphatic heterocycles. The number of halogens is 1. The highest BCUT2D eigenvalue weighted by atomic mass is 31.1. The van der Waals surface area contributed by atoms with Gasteiger partial charge in [0.2, 0.25) is 0 Å². The van der Waals surface area contributed by atoms with Gasteiger partial charge in [0.1, 0.15) is 11.6 Å². The second-order valence-electron chi connectivity index (χ2n) is 7.10. The molecule has 2 rings (SSSR count). The molecule has 0 saturated heterocycles. The van der Waals surface area contributed by atoms with Crippen LogP contribution < -0.4 is 15.3 Å². The molecular formula is C20H26FO2P. The summed E-state index contributed by atoms with van der Waals surface area (Å²) in [5, 5.41) is 1.72. The van der Waals surface area contributed by atoms with E-state index in [2.05, 4.69) is 39.8 Å². The number of hydrogen-bond acceptors (Lipinski definition) is 2. The second kappa shape index (κ2) is 7.63. The average Bonchev–Trinajstić information content (AvgIpc) is 2.47. The molecule has 0 amide bonds. The van der Waals surface area contributed by atoms with Gasteiger partial charge in [0.25, 0.3) is 0 Å². The standard InChI is InChI=1S/C20H26FO2P/c1-13-7-8-17(16(21)10-13)24-18-11-14(2)9-15(20(3,4)5)19(18)23-12-22-6/h7-11,24H,12H2,1-6H3. The number of methoxy groups -OCH3 is 1. The Bertz CT molecular complexity index is 720. The second-order valence-corrected chi connectivity index (χ2v) is 8.43. The summed E-state index contributed by atoms with van der Waals surface area (Å²) in [6.45, 7) is 10.6. The van der Waals surface area contributed by atoms with Crippen LogP contribution in [0.15, 0.2) is 30.3 Å². The molecule has 2 nitrogen and oxygen atoms in total. The first-order valence-electron chi connectivity index (χ1n) is 8.02. The van der Waals surface area contributed by atoms with E-state index in [1.807, 2.05) is 19.1 Å². The molecule has 0 bridgehead atoms. The third-order valence-corrected chi connectivity index (χ3v) is 5.07. The highest BCUT2D eigenvalue weighted by molar-refractivity contribution is 7.55. The zero-order valence-electron chi connectivity index (χ0n) is 15.3. The van der Waals surface area contributed by atoms with Crippen LogP contribution >= 0.6 is 8.58 Å².